The van der Waals surface area contributed by atoms with Crippen molar-refractivity contribution >= 4 is 0 Å². The van der Waals surface area contributed by atoms with Crippen molar-refractivity contribution in [1.82, 2.24) is 10.2 Å². The Labute approximate surface area is 109 Å². The van der Waals surface area contributed by atoms with Crippen LogP contribution in [-0.4, -0.2) is 37.6 Å². The molecule has 18 heavy (non-hydrogen) atoms. The molecule has 1 aliphatic rings. The van der Waals surface area contributed by atoms with Crippen LogP contribution < -0.4 is 5.32 Å². The third-order valence-corrected chi connectivity index (χ3v) is 3.64. The van der Waals surface area contributed by atoms with Gasteiger partial charge in [-0.2, -0.15) is 0 Å². The summed E-state index contributed by atoms with van der Waals surface area (Å²) >= 11 is 0. The fourth-order valence-corrected chi connectivity index (χ4v) is 2.82. The number of nitrogens with zero attached hydrogens (tertiary/aromatic N) is 1. The van der Waals surface area contributed by atoms with Crippen LogP contribution in [0, 0.1) is 5.82 Å². The smallest absolute Gasteiger partial charge is 0.126 e. The van der Waals surface area contributed by atoms with E-state index in [1.54, 1.807) is 12.1 Å². The van der Waals surface area contributed by atoms with E-state index in [1.165, 1.54) is 0 Å². The van der Waals surface area contributed by atoms with E-state index >= 15 is 0 Å². The molecular weight excluding hydrogens is 227 g/mol. The maximum atomic E-state index is 13.6. The van der Waals surface area contributed by atoms with Crippen LogP contribution in [0.25, 0.3) is 0 Å². The first kappa shape index (κ1) is 13.5. The van der Waals surface area contributed by atoms with E-state index < -0.39 is 0 Å². The first-order valence-corrected chi connectivity index (χ1v) is 6.71. The summed E-state index contributed by atoms with van der Waals surface area (Å²) in [5.74, 6) is 0.345. The highest BCUT2D eigenvalue weighted by Crippen LogP contribution is 2.38. The van der Waals surface area contributed by atoms with Crippen LogP contribution in [0.5, 0.6) is 0 Å². The molecular formula is C15H23FN2. The molecule has 100 valence electrons. The van der Waals surface area contributed by atoms with Crippen molar-refractivity contribution < 1.29 is 4.39 Å². The minimum absolute atomic E-state index is 0.0534. The molecule has 1 N–H and O–H groups in total. The number of hydrogen-bond acceptors (Lipinski definition) is 2. The summed E-state index contributed by atoms with van der Waals surface area (Å²) < 4.78 is 13.6. The molecule has 0 heterocycles. The van der Waals surface area contributed by atoms with Gasteiger partial charge in [0, 0.05) is 18.6 Å². The Morgan fingerprint density at radius 1 is 1.33 bits per heavy atom. The van der Waals surface area contributed by atoms with E-state index in [1.807, 2.05) is 12.1 Å². The molecule has 1 atom stereocenters. The van der Waals surface area contributed by atoms with Crippen molar-refractivity contribution in [2.45, 2.75) is 37.8 Å². The molecule has 1 aliphatic carbocycles. The second kappa shape index (κ2) is 5.81. The van der Waals surface area contributed by atoms with Gasteiger partial charge < -0.3 is 10.2 Å². The molecule has 0 aromatic heterocycles. The lowest BCUT2D eigenvalue weighted by molar-refractivity contribution is 0.242. The van der Waals surface area contributed by atoms with E-state index in [4.69, 9.17) is 0 Å². The molecule has 0 aliphatic heterocycles. The highest BCUT2D eigenvalue weighted by Gasteiger charge is 2.32. The normalized spacial score (nSPS) is 24.9. The lowest BCUT2D eigenvalue weighted by atomic mass is 9.75. The van der Waals surface area contributed by atoms with Crippen LogP contribution in [0.4, 0.5) is 4.39 Å². The predicted octanol–water partition coefficient (Wildman–Crippen LogP) is 2.61. The molecule has 0 bridgehead atoms. The van der Waals surface area contributed by atoms with Crippen molar-refractivity contribution in [2.24, 2.45) is 0 Å². The summed E-state index contributed by atoms with van der Waals surface area (Å²) in [5.41, 5.74) is 0.885. The van der Waals surface area contributed by atoms with Crippen molar-refractivity contribution in [2.75, 3.05) is 20.6 Å². The van der Waals surface area contributed by atoms with E-state index in [0.717, 1.165) is 24.9 Å². The lowest BCUT2D eigenvalue weighted by Gasteiger charge is -2.38. The summed E-state index contributed by atoms with van der Waals surface area (Å²) in [7, 11) is 4.17. The summed E-state index contributed by atoms with van der Waals surface area (Å²) in [6.07, 6.45) is 2.11. The van der Waals surface area contributed by atoms with E-state index in [9.17, 15) is 4.39 Å². The first-order valence-electron chi connectivity index (χ1n) is 6.71. The Morgan fingerprint density at radius 3 is 2.61 bits per heavy atom. The number of rotatable bonds is 5. The fraction of sp³-hybridized carbons (Fsp3) is 0.600. The SMILES string of the molecule is CC(CN(C)C)NC1CC(c2ccccc2F)C1. The van der Waals surface area contributed by atoms with Crippen LogP contribution in [-0.2, 0) is 0 Å². The van der Waals surface area contributed by atoms with Gasteiger partial charge in [0.25, 0.3) is 0 Å². The van der Waals surface area contributed by atoms with Gasteiger partial charge in [0.2, 0.25) is 0 Å². The Hall–Kier alpha value is -0.930. The van der Waals surface area contributed by atoms with Crippen molar-refractivity contribution in [3.05, 3.63) is 35.6 Å². The van der Waals surface area contributed by atoms with E-state index in [-0.39, 0.29) is 5.82 Å². The molecule has 2 rings (SSSR count). The summed E-state index contributed by atoms with van der Waals surface area (Å²) in [6.45, 7) is 3.25. The molecule has 1 fully saturated rings. The Balaban J connectivity index is 1.79. The van der Waals surface area contributed by atoms with Crippen LogP contribution in [0.3, 0.4) is 0 Å². The van der Waals surface area contributed by atoms with Gasteiger partial charge in [-0.25, -0.2) is 4.39 Å². The number of likely N-dealkylation sites (N-methyl/N-ethyl adjacent to an activating group) is 1. The summed E-state index contributed by atoms with van der Waals surface area (Å²) in [5, 5.41) is 3.60. The van der Waals surface area contributed by atoms with Gasteiger partial charge in [-0.15, -0.1) is 0 Å². The van der Waals surface area contributed by atoms with Crippen LogP contribution in [0.2, 0.25) is 0 Å². The first-order chi connectivity index (χ1) is 8.56. The molecule has 1 aromatic rings. The van der Waals surface area contributed by atoms with E-state index in [2.05, 4.69) is 31.2 Å². The molecule has 1 saturated carbocycles. The number of halogens is 1. The van der Waals surface area contributed by atoms with Gasteiger partial charge in [-0.3, -0.25) is 0 Å². The van der Waals surface area contributed by atoms with Gasteiger partial charge in [0.1, 0.15) is 5.82 Å². The van der Waals surface area contributed by atoms with Crippen molar-refractivity contribution in [1.29, 1.82) is 0 Å². The maximum Gasteiger partial charge on any atom is 0.126 e. The number of hydrogen-bond donors (Lipinski definition) is 1. The summed E-state index contributed by atoms with van der Waals surface area (Å²) in [6, 6.07) is 8.20. The molecule has 3 heteroatoms. The average molecular weight is 250 g/mol. The zero-order valence-electron chi connectivity index (χ0n) is 11.5. The average Bonchev–Trinajstić information content (AvgIpc) is 2.23. The third kappa shape index (κ3) is 3.30. The highest BCUT2D eigenvalue weighted by molar-refractivity contribution is 5.24. The maximum absolute atomic E-state index is 13.6. The number of nitrogens with one attached hydrogen (secondary N) is 1. The zero-order valence-corrected chi connectivity index (χ0v) is 11.5. The quantitative estimate of drug-likeness (QED) is 0.864. The molecule has 0 spiro atoms. The zero-order chi connectivity index (χ0) is 13.1. The minimum atomic E-state index is -0.0534. The second-order valence-corrected chi connectivity index (χ2v) is 5.72. The fourth-order valence-electron chi connectivity index (χ4n) is 2.82. The Morgan fingerprint density at radius 2 is 2.00 bits per heavy atom. The largest absolute Gasteiger partial charge is 0.310 e. The molecule has 0 radical (unpaired) electrons. The van der Waals surface area contributed by atoms with Crippen molar-refractivity contribution in [3.63, 3.8) is 0 Å². The monoisotopic (exact) mass is 250 g/mol. The second-order valence-electron chi connectivity index (χ2n) is 5.72. The third-order valence-electron chi connectivity index (χ3n) is 3.64. The molecule has 2 nitrogen and oxygen atoms in total. The van der Waals surface area contributed by atoms with Gasteiger partial charge >= 0.3 is 0 Å². The predicted molar refractivity (Wildman–Crippen MR) is 73.3 cm³/mol. The highest BCUT2D eigenvalue weighted by atomic mass is 19.1. The van der Waals surface area contributed by atoms with Crippen LogP contribution >= 0.6 is 0 Å². The number of benzene rings is 1. The van der Waals surface area contributed by atoms with Gasteiger partial charge in [-0.1, -0.05) is 18.2 Å². The Kier molecular flexibility index (Phi) is 4.36. The summed E-state index contributed by atoms with van der Waals surface area (Å²) in [4.78, 5) is 2.19. The van der Waals surface area contributed by atoms with Gasteiger partial charge in [-0.05, 0) is 51.4 Å². The topological polar surface area (TPSA) is 15.3 Å². The van der Waals surface area contributed by atoms with Gasteiger partial charge in [0.05, 0.1) is 0 Å². The van der Waals surface area contributed by atoms with E-state index in [0.29, 0.717) is 18.0 Å². The van der Waals surface area contributed by atoms with Crippen LogP contribution in [0.15, 0.2) is 24.3 Å². The molecule has 0 amide bonds. The molecule has 1 unspecified atom stereocenters. The van der Waals surface area contributed by atoms with Gasteiger partial charge in [0.15, 0.2) is 0 Å². The molecule has 0 saturated heterocycles. The lowest BCUT2D eigenvalue weighted by Crippen LogP contribution is -2.47. The Bertz CT molecular complexity index is 386. The van der Waals surface area contributed by atoms with Crippen molar-refractivity contribution in [3.8, 4) is 0 Å². The standard InChI is InChI=1S/C15H23FN2/c1-11(10-18(2)3)17-13-8-12(9-13)14-6-4-5-7-15(14)16/h4-7,11-13,17H,8-10H2,1-3H3. The molecule has 1 aromatic carbocycles. The van der Waals surface area contributed by atoms with Crippen LogP contribution in [0.1, 0.15) is 31.2 Å². The minimum Gasteiger partial charge on any atom is -0.310 e.